The first-order valence-corrected chi connectivity index (χ1v) is 11.0. The number of aromatic nitrogens is 1. The second-order valence-corrected chi connectivity index (χ2v) is 7.95. The zero-order valence-corrected chi connectivity index (χ0v) is 18.1. The maximum absolute atomic E-state index is 10.4. The van der Waals surface area contributed by atoms with Gasteiger partial charge in [0.25, 0.3) is 0 Å². The average Bonchev–Trinajstić information content (AvgIpc) is 3.05. The molecule has 0 radical (unpaired) electrons. The minimum Gasteiger partial charge on any atom is -0.493 e. The number of nitrogens with zero attached hydrogens (tertiary/aromatic N) is 2. The number of benzene rings is 1. The van der Waals surface area contributed by atoms with Crippen LogP contribution in [-0.2, 0) is 13.0 Å². The molecule has 1 aromatic carbocycles. The number of methoxy groups -OCH3 is 1. The number of pyridine rings is 1. The lowest BCUT2D eigenvalue weighted by Crippen LogP contribution is -2.36. The SMILES string of the molecule is COc1cc(CNCCc2cccnc2)ccc1OCC(O)CN1CCCCCC1. The van der Waals surface area contributed by atoms with E-state index in [1.807, 2.05) is 30.5 Å². The van der Waals surface area contributed by atoms with Crippen LogP contribution in [0.4, 0.5) is 0 Å². The molecule has 0 aliphatic carbocycles. The molecule has 1 atom stereocenters. The third kappa shape index (κ3) is 7.59. The molecule has 1 unspecified atom stereocenters. The van der Waals surface area contributed by atoms with E-state index in [9.17, 15) is 5.11 Å². The third-order valence-corrected chi connectivity index (χ3v) is 5.47. The molecule has 0 saturated carbocycles. The van der Waals surface area contributed by atoms with Gasteiger partial charge in [0.2, 0.25) is 0 Å². The summed E-state index contributed by atoms with van der Waals surface area (Å²) in [6, 6.07) is 10.0. The molecule has 6 nitrogen and oxygen atoms in total. The Hall–Kier alpha value is -2.15. The maximum Gasteiger partial charge on any atom is 0.161 e. The van der Waals surface area contributed by atoms with Crippen molar-refractivity contribution in [2.75, 3.05) is 39.9 Å². The Labute approximate surface area is 180 Å². The molecule has 1 aromatic heterocycles. The third-order valence-electron chi connectivity index (χ3n) is 5.47. The average molecular weight is 414 g/mol. The van der Waals surface area contributed by atoms with E-state index in [0.29, 0.717) is 18.0 Å². The van der Waals surface area contributed by atoms with Crippen LogP contribution in [0.2, 0.25) is 0 Å². The summed E-state index contributed by atoms with van der Waals surface area (Å²) in [5.41, 5.74) is 2.36. The number of ether oxygens (including phenoxy) is 2. The predicted molar refractivity (Wildman–Crippen MR) is 119 cm³/mol. The second kappa shape index (κ2) is 12.5. The number of hydrogen-bond donors (Lipinski definition) is 2. The molecule has 1 aliphatic rings. The Kier molecular flexibility index (Phi) is 9.41. The van der Waals surface area contributed by atoms with Crippen molar-refractivity contribution in [2.45, 2.75) is 44.8 Å². The van der Waals surface area contributed by atoms with Crippen LogP contribution in [-0.4, -0.2) is 61.0 Å². The summed E-state index contributed by atoms with van der Waals surface area (Å²) in [5, 5.41) is 13.8. The van der Waals surface area contributed by atoms with Crippen LogP contribution < -0.4 is 14.8 Å². The normalized spacial score (nSPS) is 16.1. The van der Waals surface area contributed by atoms with Gasteiger partial charge in [-0.15, -0.1) is 0 Å². The number of aliphatic hydroxyl groups is 1. The Morgan fingerprint density at radius 1 is 1.10 bits per heavy atom. The number of nitrogens with one attached hydrogen (secondary N) is 1. The largest absolute Gasteiger partial charge is 0.493 e. The fraction of sp³-hybridized carbons (Fsp3) is 0.542. The smallest absolute Gasteiger partial charge is 0.161 e. The van der Waals surface area contributed by atoms with Gasteiger partial charge < -0.3 is 24.8 Å². The molecular weight excluding hydrogens is 378 g/mol. The predicted octanol–water partition coefficient (Wildman–Crippen LogP) is 3.04. The molecular formula is C24H35N3O3. The number of rotatable bonds is 11. The van der Waals surface area contributed by atoms with E-state index < -0.39 is 6.10 Å². The molecule has 0 bridgehead atoms. The van der Waals surface area contributed by atoms with E-state index in [0.717, 1.165) is 38.2 Å². The van der Waals surface area contributed by atoms with Gasteiger partial charge in [-0.1, -0.05) is 25.0 Å². The number of hydrogen-bond acceptors (Lipinski definition) is 6. The molecule has 2 aromatic rings. The van der Waals surface area contributed by atoms with Crippen molar-refractivity contribution in [2.24, 2.45) is 0 Å². The quantitative estimate of drug-likeness (QED) is 0.552. The van der Waals surface area contributed by atoms with E-state index in [2.05, 4.69) is 21.3 Å². The van der Waals surface area contributed by atoms with Crippen LogP contribution in [0.15, 0.2) is 42.7 Å². The first kappa shape index (κ1) is 22.5. The summed E-state index contributed by atoms with van der Waals surface area (Å²) in [5.74, 6) is 1.37. The fourth-order valence-corrected chi connectivity index (χ4v) is 3.81. The highest BCUT2D eigenvalue weighted by atomic mass is 16.5. The number of β-amino-alcohol motifs (C(OH)–C–C–N with tert-alkyl or cyclic N) is 1. The van der Waals surface area contributed by atoms with Gasteiger partial charge in [-0.25, -0.2) is 0 Å². The summed E-state index contributed by atoms with van der Waals surface area (Å²) in [6.45, 7) is 4.73. The van der Waals surface area contributed by atoms with Gasteiger partial charge >= 0.3 is 0 Å². The Balaban J connectivity index is 1.42. The van der Waals surface area contributed by atoms with E-state index >= 15 is 0 Å². The topological polar surface area (TPSA) is 66.8 Å². The molecule has 2 N–H and O–H groups in total. The minimum absolute atomic E-state index is 0.273. The van der Waals surface area contributed by atoms with E-state index in [-0.39, 0.29) is 6.61 Å². The van der Waals surface area contributed by atoms with Gasteiger partial charge in [-0.2, -0.15) is 0 Å². The van der Waals surface area contributed by atoms with Crippen LogP contribution in [0.1, 0.15) is 36.8 Å². The van der Waals surface area contributed by atoms with Gasteiger partial charge in [0.05, 0.1) is 7.11 Å². The van der Waals surface area contributed by atoms with Crippen LogP contribution in [0, 0.1) is 0 Å². The highest BCUT2D eigenvalue weighted by molar-refractivity contribution is 5.43. The van der Waals surface area contributed by atoms with Crippen molar-refractivity contribution < 1.29 is 14.6 Å². The van der Waals surface area contributed by atoms with Gasteiger partial charge in [0.1, 0.15) is 12.7 Å². The Morgan fingerprint density at radius 2 is 1.93 bits per heavy atom. The standard InChI is InChI=1S/C24H35N3O3/c1-29-24-15-21(17-26-12-10-20-7-6-11-25-16-20)8-9-23(24)30-19-22(28)18-27-13-4-2-3-5-14-27/h6-9,11,15-16,22,26,28H,2-5,10,12-14,17-19H2,1H3. The summed E-state index contributed by atoms with van der Waals surface area (Å²) in [7, 11) is 1.65. The second-order valence-electron chi connectivity index (χ2n) is 7.95. The van der Waals surface area contributed by atoms with Crippen LogP contribution >= 0.6 is 0 Å². The van der Waals surface area contributed by atoms with E-state index in [4.69, 9.17) is 9.47 Å². The molecule has 1 fully saturated rings. The lowest BCUT2D eigenvalue weighted by atomic mass is 10.2. The van der Waals surface area contributed by atoms with Crippen molar-refractivity contribution in [3.05, 3.63) is 53.9 Å². The van der Waals surface area contributed by atoms with Gasteiger partial charge in [0, 0.05) is 25.5 Å². The van der Waals surface area contributed by atoms with Crippen LogP contribution in [0.5, 0.6) is 11.5 Å². The summed E-state index contributed by atoms with van der Waals surface area (Å²) in [6.07, 6.45) is 9.18. The van der Waals surface area contributed by atoms with Gasteiger partial charge in [-0.3, -0.25) is 4.98 Å². The lowest BCUT2D eigenvalue weighted by Gasteiger charge is -2.23. The highest BCUT2D eigenvalue weighted by Crippen LogP contribution is 2.28. The van der Waals surface area contributed by atoms with Crippen molar-refractivity contribution in [1.29, 1.82) is 0 Å². The summed E-state index contributed by atoms with van der Waals surface area (Å²) < 4.78 is 11.4. The molecule has 1 saturated heterocycles. The van der Waals surface area contributed by atoms with Crippen molar-refractivity contribution in [3.8, 4) is 11.5 Å². The molecule has 0 amide bonds. The van der Waals surface area contributed by atoms with Gasteiger partial charge in [-0.05, 0) is 68.2 Å². The molecule has 0 spiro atoms. The molecule has 164 valence electrons. The molecule has 2 heterocycles. The maximum atomic E-state index is 10.4. The first-order valence-electron chi connectivity index (χ1n) is 11.0. The zero-order chi connectivity index (χ0) is 21.0. The number of aliphatic hydroxyl groups excluding tert-OH is 1. The number of likely N-dealkylation sites (tertiary alicyclic amines) is 1. The Bertz CT molecular complexity index is 734. The molecule has 1 aliphatic heterocycles. The summed E-state index contributed by atoms with van der Waals surface area (Å²) in [4.78, 5) is 6.49. The van der Waals surface area contributed by atoms with E-state index in [1.54, 1.807) is 13.3 Å². The minimum atomic E-state index is -0.498. The molecule has 3 rings (SSSR count). The zero-order valence-electron chi connectivity index (χ0n) is 18.1. The highest BCUT2D eigenvalue weighted by Gasteiger charge is 2.15. The van der Waals surface area contributed by atoms with Crippen molar-refractivity contribution in [1.82, 2.24) is 15.2 Å². The fourth-order valence-electron chi connectivity index (χ4n) is 3.81. The monoisotopic (exact) mass is 413 g/mol. The first-order chi connectivity index (χ1) is 14.7. The van der Waals surface area contributed by atoms with Gasteiger partial charge in [0.15, 0.2) is 11.5 Å². The van der Waals surface area contributed by atoms with Crippen molar-refractivity contribution >= 4 is 0 Å². The van der Waals surface area contributed by atoms with Crippen LogP contribution in [0.25, 0.3) is 0 Å². The lowest BCUT2D eigenvalue weighted by molar-refractivity contribution is 0.0683. The van der Waals surface area contributed by atoms with Crippen molar-refractivity contribution in [3.63, 3.8) is 0 Å². The molecule has 6 heteroatoms. The Morgan fingerprint density at radius 3 is 2.67 bits per heavy atom. The van der Waals surface area contributed by atoms with E-state index in [1.165, 1.54) is 31.2 Å². The molecule has 30 heavy (non-hydrogen) atoms. The van der Waals surface area contributed by atoms with Crippen LogP contribution in [0.3, 0.4) is 0 Å². The summed E-state index contributed by atoms with van der Waals surface area (Å²) >= 11 is 0.